The van der Waals surface area contributed by atoms with Crippen LogP contribution in [0.4, 0.5) is 17.6 Å². The van der Waals surface area contributed by atoms with Crippen LogP contribution in [0.2, 0.25) is 0 Å². The van der Waals surface area contributed by atoms with E-state index in [1.165, 1.54) is 19.3 Å². The number of nitrogens with one attached hydrogen (secondary N) is 1. The van der Waals surface area contributed by atoms with E-state index in [1.807, 2.05) is 41.8 Å². The lowest BCUT2D eigenvalue weighted by Gasteiger charge is -2.28. The van der Waals surface area contributed by atoms with Crippen LogP contribution in [0.3, 0.4) is 0 Å². The molecular formula is C39H59N9O7. The maximum absolute atomic E-state index is 12.6. The van der Waals surface area contributed by atoms with E-state index in [2.05, 4.69) is 38.3 Å². The van der Waals surface area contributed by atoms with Gasteiger partial charge in [0.25, 0.3) is 5.56 Å². The van der Waals surface area contributed by atoms with Gasteiger partial charge < -0.3 is 48.1 Å². The van der Waals surface area contributed by atoms with Gasteiger partial charge in [-0.15, -0.1) is 0 Å². The second kappa shape index (κ2) is 23.7. The Morgan fingerprint density at radius 3 is 2.00 bits per heavy atom. The first-order valence-corrected chi connectivity index (χ1v) is 19.5. The van der Waals surface area contributed by atoms with E-state index in [0.29, 0.717) is 105 Å². The average Bonchev–Trinajstić information content (AvgIpc) is 3.64. The molecule has 16 heteroatoms. The fraction of sp³-hybridized carbons (Fsp3) is 0.615. The van der Waals surface area contributed by atoms with E-state index in [9.17, 15) is 4.79 Å². The molecule has 0 spiro atoms. The maximum Gasteiger partial charge on any atom is 0.250 e. The molecule has 0 aliphatic carbocycles. The highest BCUT2D eigenvalue weighted by atomic mass is 16.6. The third-order valence-electron chi connectivity index (χ3n) is 9.13. The Bertz CT molecular complexity index is 1730. The summed E-state index contributed by atoms with van der Waals surface area (Å²) in [7, 11) is 1.94. The summed E-state index contributed by atoms with van der Waals surface area (Å²) in [6.45, 7) is 13.6. The number of piperidine rings is 1. The second-order valence-corrected chi connectivity index (χ2v) is 13.4. The van der Waals surface area contributed by atoms with Gasteiger partial charge in [0, 0.05) is 76.1 Å². The normalized spacial score (nSPS) is 13.2. The van der Waals surface area contributed by atoms with Crippen LogP contribution in [0.5, 0.6) is 0 Å². The van der Waals surface area contributed by atoms with E-state index < -0.39 is 0 Å². The van der Waals surface area contributed by atoms with Gasteiger partial charge in [0.1, 0.15) is 11.6 Å². The number of pyridine rings is 1. The summed E-state index contributed by atoms with van der Waals surface area (Å²) in [4.78, 5) is 30.5. The lowest BCUT2D eigenvalue weighted by Crippen LogP contribution is -2.30. The van der Waals surface area contributed by atoms with Gasteiger partial charge in [-0.25, -0.2) is 15.0 Å². The number of rotatable bonds is 27. The van der Waals surface area contributed by atoms with E-state index in [1.54, 1.807) is 23.0 Å². The first-order chi connectivity index (χ1) is 27.0. The lowest BCUT2D eigenvalue weighted by atomic mass is 10.1. The van der Waals surface area contributed by atoms with Crippen molar-refractivity contribution >= 4 is 23.2 Å². The number of nitrogens with zero attached hydrogens (tertiary/aromatic N) is 8. The van der Waals surface area contributed by atoms with Crippen LogP contribution in [0.25, 0.3) is 5.65 Å². The van der Waals surface area contributed by atoms with Gasteiger partial charge >= 0.3 is 0 Å². The molecule has 1 aliphatic heterocycles. The Labute approximate surface area is 324 Å². The quantitative estimate of drug-likeness (QED) is 0.0884. The SMILES string of the molecule is CCc1cnn2c(NCc3ccc(=O)n(CCOCCOCCOCCOCCOCCOCCN(C)c4ncc(C)cn4)c3)cc(N3CCCCC3)nc12. The van der Waals surface area contributed by atoms with Crippen LogP contribution in [-0.4, -0.2) is 135 Å². The standard InChI is InChI=1S/C39H59N9O7/c1-4-34-30-43-48-35(26-36(44-38(34)48)46-10-6-5-7-11-46)40-29-33-8-9-37(49)47(31-33)13-15-51-17-19-53-21-23-55-25-24-54-22-20-52-18-16-50-14-12-45(3)39-41-27-32(2)28-42-39/h8-9,26-28,30-31,40H,4-7,10-25,29H2,1-3H3. The molecule has 1 aliphatic rings. The Kier molecular flexibility index (Phi) is 18.1. The molecule has 0 unspecified atom stereocenters. The minimum absolute atomic E-state index is 0.0640. The van der Waals surface area contributed by atoms with Crippen LogP contribution >= 0.6 is 0 Å². The molecule has 0 amide bonds. The maximum atomic E-state index is 12.6. The molecule has 1 saturated heterocycles. The van der Waals surface area contributed by atoms with Gasteiger partial charge in [0.2, 0.25) is 5.95 Å². The third kappa shape index (κ3) is 14.1. The molecule has 1 fully saturated rings. The Hall–Kier alpha value is -4.19. The second-order valence-electron chi connectivity index (χ2n) is 13.4. The van der Waals surface area contributed by atoms with E-state index >= 15 is 0 Å². The molecule has 0 saturated carbocycles. The average molecular weight is 766 g/mol. The summed E-state index contributed by atoms with van der Waals surface area (Å²) in [6.07, 6.45) is 11.9. The number of hydrogen-bond donors (Lipinski definition) is 1. The molecule has 1 N–H and O–H groups in total. The van der Waals surface area contributed by atoms with Crippen molar-refractivity contribution in [2.24, 2.45) is 0 Å². The zero-order valence-electron chi connectivity index (χ0n) is 32.8. The summed E-state index contributed by atoms with van der Waals surface area (Å²) < 4.78 is 37.2. The summed E-state index contributed by atoms with van der Waals surface area (Å²) in [5.41, 5.74) is 3.97. The van der Waals surface area contributed by atoms with E-state index in [-0.39, 0.29) is 5.56 Å². The van der Waals surface area contributed by atoms with Crippen LogP contribution < -0.4 is 20.7 Å². The topological polar surface area (TPSA) is 152 Å². The Morgan fingerprint density at radius 2 is 1.38 bits per heavy atom. The summed E-state index contributed by atoms with van der Waals surface area (Å²) in [5, 5.41) is 8.16. The van der Waals surface area contributed by atoms with Crippen LogP contribution in [0, 0.1) is 6.92 Å². The molecule has 5 rings (SSSR count). The molecule has 0 aromatic carbocycles. The van der Waals surface area contributed by atoms with Crippen molar-refractivity contribution in [1.29, 1.82) is 0 Å². The molecule has 0 radical (unpaired) electrons. The highest BCUT2D eigenvalue weighted by molar-refractivity contribution is 5.61. The zero-order valence-corrected chi connectivity index (χ0v) is 32.8. The third-order valence-corrected chi connectivity index (χ3v) is 9.13. The number of likely N-dealkylation sites (N-methyl/N-ethyl adjacent to an activating group) is 1. The van der Waals surface area contributed by atoms with E-state index in [4.69, 9.17) is 33.4 Å². The largest absolute Gasteiger partial charge is 0.377 e. The minimum atomic E-state index is -0.0640. The predicted molar refractivity (Wildman–Crippen MR) is 211 cm³/mol. The minimum Gasteiger partial charge on any atom is -0.377 e. The zero-order chi connectivity index (χ0) is 38.5. The number of fused-ring (bicyclic) bond motifs is 1. The highest BCUT2D eigenvalue weighted by Crippen LogP contribution is 2.25. The lowest BCUT2D eigenvalue weighted by molar-refractivity contribution is -0.0167. The van der Waals surface area contributed by atoms with Gasteiger partial charge in [-0.2, -0.15) is 9.61 Å². The molecule has 16 nitrogen and oxygen atoms in total. The molecule has 0 bridgehead atoms. The van der Waals surface area contributed by atoms with Crippen molar-refractivity contribution < 1.29 is 28.4 Å². The monoisotopic (exact) mass is 765 g/mol. The number of aromatic nitrogens is 6. The summed E-state index contributed by atoms with van der Waals surface area (Å²) in [6, 6.07) is 5.55. The van der Waals surface area contributed by atoms with Gasteiger partial charge in [0.05, 0.1) is 85.5 Å². The highest BCUT2D eigenvalue weighted by Gasteiger charge is 2.17. The number of aryl methyl sites for hydroxylation is 2. The number of ether oxygens (including phenoxy) is 6. The predicted octanol–water partition coefficient (Wildman–Crippen LogP) is 3.39. The van der Waals surface area contributed by atoms with E-state index in [0.717, 1.165) is 53.5 Å². The van der Waals surface area contributed by atoms with Crippen molar-refractivity contribution in [3.8, 4) is 0 Å². The van der Waals surface area contributed by atoms with Gasteiger partial charge in [-0.1, -0.05) is 13.0 Å². The molecule has 55 heavy (non-hydrogen) atoms. The number of hydrogen-bond acceptors (Lipinski definition) is 14. The smallest absolute Gasteiger partial charge is 0.250 e. The summed E-state index contributed by atoms with van der Waals surface area (Å²) >= 11 is 0. The van der Waals surface area contributed by atoms with Gasteiger partial charge in [0.15, 0.2) is 5.65 Å². The van der Waals surface area contributed by atoms with Gasteiger partial charge in [-0.05, 0) is 43.7 Å². The molecule has 5 heterocycles. The van der Waals surface area contributed by atoms with Gasteiger partial charge in [-0.3, -0.25) is 4.79 Å². The van der Waals surface area contributed by atoms with Crippen molar-refractivity contribution in [1.82, 2.24) is 29.1 Å². The van der Waals surface area contributed by atoms with Crippen molar-refractivity contribution in [2.45, 2.75) is 52.6 Å². The fourth-order valence-electron chi connectivity index (χ4n) is 5.96. The van der Waals surface area contributed by atoms with Crippen molar-refractivity contribution in [3.63, 3.8) is 0 Å². The Balaban J connectivity index is 0.854. The number of anilines is 3. The van der Waals surface area contributed by atoms with Crippen molar-refractivity contribution in [3.05, 3.63) is 70.0 Å². The first-order valence-electron chi connectivity index (χ1n) is 19.5. The van der Waals surface area contributed by atoms with Crippen LogP contribution in [-0.2, 0) is 47.9 Å². The summed E-state index contributed by atoms with van der Waals surface area (Å²) in [5.74, 6) is 2.55. The molecule has 4 aromatic rings. The first kappa shape index (κ1) is 42.0. The molecule has 0 atom stereocenters. The fourth-order valence-corrected chi connectivity index (χ4v) is 5.96. The van der Waals surface area contributed by atoms with Crippen molar-refractivity contribution in [2.75, 3.05) is 121 Å². The van der Waals surface area contributed by atoms with Crippen LogP contribution in [0.1, 0.15) is 42.9 Å². The molecule has 4 aromatic heterocycles. The Morgan fingerprint density at radius 1 is 0.782 bits per heavy atom. The van der Waals surface area contributed by atoms with Crippen LogP contribution in [0.15, 0.2) is 47.8 Å². The molecular weight excluding hydrogens is 706 g/mol. The molecule has 302 valence electrons.